The van der Waals surface area contributed by atoms with Crippen LogP contribution in [0.5, 0.6) is 0 Å². The van der Waals surface area contributed by atoms with Gasteiger partial charge in [-0.05, 0) is 30.3 Å². The van der Waals surface area contributed by atoms with Crippen LogP contribution in [0.1, 0.15) is 0 Å². The van der Waals surface area contributed by atoms with Gasteiger partial charge in [-0.25, -0.2) is 4.79 Å². The molecule has 0 atom stereocenters. The van der Waals surface area contributed by atoms with Crippen LogP contribution in [0.25, 0.3) is 0 Å². The molecule has 0 aromatic heterocycles. The molecule has 2 aromatic rings. The van der Waals surface area contributed by atoms with Crippen LogP contribution in [0.3, 0.4) is 0 Å². The number of nitrogens with two attached hydrogens (primary N) is 1. The molecule has 0 saturated heterocycles. The fraction of sp³-hybridized carbons (Fsp3) is 0. The second-order valence-electron chi connectivity index (χ2n) is 3.68. The molecule has 0 bridgehead atoms. The molecule has 0 aliphatic carbocycles. The van der Waals surface area contributed by atoms with Crippen molar-refractivity contribution in [1.29, 1.82) is 0 Å². The van der Waals surface area contributed by atoms with Gasteiger partial charge in [0.15, 0.2) is 0 Å². The number of nitrogens with one attached hydrogen (secondary N) is 2. The number of anilines is 3. The van der Waals surface area contributed by atoms with Gasteiger partial charge < -0.3 is 16.4 Å². The maximum absolute atomic E-state index is 11.7. The molecule has 0 fully saturated rings. The standard InChI is InChI=1S/C13H12ClN3O/c14-11-8-9(15)6-7-12(11)17-13(18)16-10-4-2-1-3-5-10/h1-8H,15H2,(H2,16,17,18). The number of halogens is 1. The number of nitrogen functional groups attached to an aromatic ring is 1. The third kappa shape index (κ3) is 3.15. The Morgan fingerprint density at radius 1 is 1.06 bits per heavy atom. The second-order valence-corrected chi connectivity index (χ2v) is 4.09. The molecule has 0 radical (unpaired) electrons. The minimum atomic E-state index is -0.354. The Balaban J connectivity index is 2.03. The lowest BCUT2D eigenvalue weighted by atomic mass is 10.3. The number of para-hydroxylation sites is 1. The summed E-state index contributed by atoms with van der Waals surface area (Å²) in [5.74, 6) is 0. The van der Waals surface area contributed by atoms with Gasteiger partial charge in [0.05, 0.1) is 10.7 Å². The number of benzene rings is 2. The van der Waals surface area contributed by atoms with Crippen molar-refractivity contribution >= 4 is 34.7 Å². The number of hydrogen-bond acceptors (Lipinski definition) is 2. The van der Waals surface area contributed by atoms with E-state index >= 15 is 0 Å². The predicted octanol–water partition coefficient (Wildman–Crippen LogP) is 3.57. The first kappa shape index (κ1) is 12.3. The molecule has 2 aromatic carbocycles. The lowest BCUT2D eigenvalue weighted by Gasteiger charge is -2.09. The molecule has 5 heteroatoms. The summed E-state index contributed by atoms with van der Waals surface area (Å²) in [6.45, 7) is 0. The molecule has 4 nitrogen and oxygen atoms in total. The Morgan fingerprint density at radius 3 is 2.44 bits per heavy atom. The molecule has 0 spiro atoms. The first-order valence-corrected chi connectivity index (χ1v) is 5.71. The third-order valence-electron chi connectivity index (χ3n) is 2.27. The first-order valence-electron chi connectivity index (χ1n) is 5.33. The Hall–Kier alpha value is -2.20. The average Bonchev–Trinajstić information content (AvgIpc) is 2.34. The third-order valence-corrected chi connectivity index (χ3v) is 2.59. The summed E-state index contributed by atoms with van der Waals surface area (Å²) in [5, 5.41) is 5.74. The lowest BCUT2D eigenvalue weighted by Crippen LogP contribution is -2.19. The van der Waals surface area contributed by atoms with Crippen molar-refractivity contribution < 1.29 is 4.79 Å². The summed E-state index contributed by atoms with van der Waals surface area (Å²) in [5.41, 5.74) is 7.34. The fourth-order valence-corrected chi connectivity index (χ4v) is 1.68. The van der Waals surface area contributed by atoms with Crippen LogP contribution in [0.4, 0.5) is 21.9 Å². The van der Waals surface area contributed by atoms with Gasteiger partial charge in [0.2, 0.25) is 0 Å². The highest BCUT2D eigenvalue weighted by atomic mass is 35.5. The van der Waals surface area contributed by atoms with E-state index in [0.29, 0.717) is 22.1 Å². The van der Waals surface area contributed by atoms with E-state index < -0.39 is 0 Å². The summed E-state index contributed by atoms with van der Waals surface area (Å²) >= 11 is 5.95. The highest BCUT2D eigenvalue weighted by Gasteiger charge is 2.05. The molecule has 0 aliphatic rings. The van der Waals surface area contributed by atoms with Crippen molar-refractivity contribution in [3.8, 4) is 0 Å². The van der Waals surface area contributed by atoms with E-state index in [0.717, 1.165) is 0 Å². The largest absolute Gasteiger partial charge is 0.399 e. The Morgan fingerprint density at radius 2 is 1.78 bits per heavy atom. The minimum Gasteiger partial charge on any atom is -0.399 e. The molecular weight excluding hydrogens is 250 g/mol. The van der Waals surface area contributed by atoms with Gasteiger partial charge in [0, 0.05) is 11.4 Å². The molecule has 0 heterocycles. The maximum Gasteiger partial charge on any atom is 0.323 e. The van der Waals surface area contributed by atoms with Crippen molar-refractivity contribution in [2.24, 2.45) is 0 Å². The second kappa shape index (κ2) is 5.42. The normalized spacial score (nSPS) is 9.83. The van der Waals surface area contributed by atoms with Crippen molar-refractivity contribution in [3.63, 3.8) is 0 Å². The minimum absolute atomic E-state index is 0.354. The van der Waals surface area contributed by atoms with Crippen LogP contribution in [-0.4, -0.2) is 6.03 Å². The molecule has 4 N–H and O–H groups in total. The molecule has 2 rings (SSSR count). The topological polar surface area (TPSA) is 67.1 Å². The highest BCUT2D eigenvalue weighted by Crippen LogP contribution is 2.24. The van der Waals surface area contributed by atoms with Crippen molar-refractivity contribution in [2.45, 2.75) is 0 Å². The zero-order valence-corrected chi connectivity index (χ0v) is 10.2. The molecule has 92 valence electrons. The molecule has 0 saturated carbocycles. The van der Waals surface area contributed by atoms with Crippen molar-refractivity contribution in [1.82, 2.24) is 0 Å². The van der Waals surface area contributed by atoms with Gasteiger partial charge in [-0.1, -0.05) is 29.8 Å². The van der Waals surface area contributed by atoms with Gasteiger partial charge in [0.25, 0.3) is 0 Å². The first-order chi connectivity index (χ1) is 8.65. The SMILES string of the molecule is Nc1ccc(NC(=O)Nc2ccccc2)c(Cl)c1. The van der Waals surface area contributed by atoms with E-state index in [1.54, 1.807) is 30.3 Å². The van der Waals surface area contributed by atoms with Gasteiger partial charge in [-0.3, -0.25) is 0 Å². The lowest BCUT2D eigenvalue weighted by molar-refractivity contribution is 0.262. The molecule has 0 unspecified atom stereocenters. The van der Waals surface area contributed by atoms with E-state index in [1.165, 1.54) is 0 Å². The molecule has 18 heavy (non-hydrogen) atoms. The molecule has 0 aliphatic heterocycles. The number of rotatable bonds is 2. The van der Waals surface area contributed by atoms with E-state index in [1.807, 2.05) is 18.2 Å². The molecular formula is C13H12ClN3O. The van der Waals surface area contributed by atoms with Crippen LogP contribution in [0.2, 0.25) is 5.02 Å². The van der Waals surface area contributed by atoms with E-state index in [4.69, 9.17) is 17.3 Å². The smallest absolute Gasteiger partial charge is 0.323 e. The van der Waals surface area contributed by atoms with Gasteiger partial charge in [0.1, 0.15) is 0 Å². The van der Waals surface area contributed by atoms with Crippen LogP contribution in [-0.2, 0) is 0 Å². The number of amides is 2. The zero-order chi connectivity index (χ0) is 13.0. The predicted molar refractivity (Wildman–Crippen MR) is 74.9 cm³/mol. The van der Waals surface area contributed by atoms with Crippen molar-refractivity contribution in [2.75, 3.05) is 16.4 Å². The van der Waals surface area contributed by atoms with Crippen LogP contribution in [0, 0.1) is 0 Å². The fourth-order valence-electron chi connectivity index (χ4n) is 1.44. The van der Waals surface area contributed by atoms with Crippen molar-refractivity contribution in [3.05, 3.63) is 53.6 Å². The summed E-state index contributed by atoms with van der Waals surface area (Å²) in [6, 6.07) is 13.7. The quantitative estimate of drug-likeness (QED) is 0.724. The Bertz CT molecular complexity index is 557. The van der Waals surface area contributed by atoms with Crippen LogP contribution in [0.15, 0.2) is 48.5 Å². The summed E-state index contributed by atoms with van der Waals surface area (Å²) in [4.78, 5) is 11.7. The monoisotopic (exact) mass is 261 g/mol. The van der Waals surface area contributed by atoms with Gasteiger partial charge in [-0.15, -0.1) is 0 Å². The highest BCUT2D eigenvalue weighted by molar-refractivity contribution is 6.34. The Labute approximate surface area is 110 Å². The van der Waals surface area contributed by atoms with E-state index in [2.05, 4.69) is 10.6 Å². The van der Waals surface area contributed by atoms with Crippen LogP contribution >= 0.6 is 11.6 Å². The molecule has 2 amide bonds. The number of hydrogen-bond donors (Lipinski definition) is 3. The van der Waals surface area contributed by atoms with E-state index in [9.17, 15) is 4.79 Å². The summed E-state index contributed by atoms with van der Waals surface area (Å²) in [6.07, 6.45) is 0. The van der Waals surface area contributed by atoms with Crippen LogP contribution < -0.4 is 16.4 Å². The number of urea groups is 1. The van der Waals surface area contributed by atoms with E-state index in [-0.39, 0.29) is 6.03 Å². The summed E-state index contributed by atoms with van der Waals surface area (Å²) in [7, 11) is 0. The number of carbonyl (C=O) groups excluding carboxylic acids is 1. The summed E-state index contributed by atoms with van der Waals surface area (Å²) < 4.78 is 0. The van der Waals surface area contributed by atoms with Gasteiger partial charge in [-0.2, -0.15) is 0 Å². The Kier molecular flexibility index (Phi) is 3.69. The zero-order valence-electron chi connectivity index (χ0n) is 9.48. The average molecular weight is 262 g/mol. The van der Waals surface area contributed by atoms with Gasteiger partial charge >= 0.3 is 6.03 Å². The number of carbonyl (C=O) groups is 1. The maximum atomic E-state index is 11.7.